The van der Waals surface area contributed by atoms with Gasteiger partial charge in [0.15, 0.2) is 0 Å². The van der Waals surface area contributed by atoms with Crippen LogP contribution in [0.3, 0.4) is 0 Å². The van der Waals surface area contributed by atoms with E-state index in [1.54, 1.807) is 0 Å². The molecule has 2 aromatic heterocycles. The molecule has 55 heavy (non-hydrogen) atoms. The predicted molar refractivity (Wildman–Crippen MR) is 229 cm³/mol. The quantitative estimate of drug-likeness (QED) is 0.173. The van der Waals surface area contributed by atoms with Crippen LogP contribution in [0.2, 0.25) is 0 Å². The normalized spacial score (nSPS) is 11.6. The van der Waals surface area contributed by atoms with Gasteiger partial charge in [-0.1, -0.05) is 133 Å². The van der Waals surface area contributed by atoms with Crippen LogP contribution in [0.25, 0.3) is 88.0 Å². The van der Waals surface area contributed by atoms with Crippen LogP contribution in [-0.4, -0.2) is 0 Å². The molecule has 3 heteroatoms. The van der Waals surface area contributed by atoms with Gasteiger partial charge in [-0.05, 0) is 105 Å². The molecule has 0 aliphatic heterocycles. The molecule has 9 aromatic carbocycles. The summed E-state index contributed by atoms with van der Waals surface area (Å²) in [6.45, 7) is 0. The van der Waals surface area contributed by atoms with Crippen molar-refractivity contribution in [2.24, 2.45) is 0 Å². The lowest BCUT2D eigenvalue weighted by atomic mass is 9.97. The molecule has 0 radical (unpaired) electrons. The van der Waals surface area contributed by atoms with E-state index in [1.165, 1.54) is 27.5 Å². The van der Waals surface area contributed by atoms with Crippen LogP contribution in [-0.2, 0) is 0 Å². The second kappa shape index (κ2) is 12.6. The molecule has 11 rings (SSSR count). The lowest BCUT2D eigenvalue weighted by Gasteiger charge is -2.26. The number of anilines is 3. The average Bonchev–Trinajstić information content (AvgIpc) is 3.83. The van der Waals surface area contributed by atoms with Crippen LogP contribution in [0.15, 0.2) is 209 Å². The number of benzene rings is 9. The maximum atomic E-state index is 6.40. The van der Waals surface area contributed by atoms with E-state index in [9.17, 15) is 0 Å². The van der Waals surface area contributed by atoms with Crippen LogP contribution in [0.4, 0.5) is 17.1 Å². The van der Waals surface area contributed by atoms with Gasteiger partial charge in [0, 0.05) is 44.2 Å². The molecule has 0 atom stereocenters. The number of nitrogens with zero attached hydrogens (tertiary/aromatic N) is 1. The average molecular weight is 704 g/mol. The van der Waals surface area contributed by atoms with Crippen LogP contribution in [0.5, 0.6) is 0 Å². The van der Waals surface area contributed by atoms with Crippen LogP contribution >= 0.6 is 0 Å². The molecule has 11 aromatic rings. The maximum absolute atomic E-state index is 6.40. The molecule has 3 nitrogen and oxygen atoms in total. The Hall–Kier alpha value is -7.36. The summed E-state index contributed by atoms with van der Waals surface area (Å²) >= 11 is 0. The lowest BCUT2D eigenvalue weighted by Crippen LogP contribution is -2.09. The third-order valence-electron chi connectivity index (χ3n) is 10.9. The Morgan fingerprint density at radius 2 is 0.836 bits per heavy atom. The van der Waals surface area contributed by atoms with E-state index in [1.807, 2.05) is 24.3 Å². The van der Waals surface area contributed by atoms with E-state index in [2.05, 4.69) is 181 Å². The van der Waals surface area contributed by atoms with Gasteiger partial charge in [-0.25, -0.2) is 0 Å². The summed E-state index contributed by atoms with van der Waals surface area (Å²) in [5.74, 6) is 0. The summed E-state index contributed by atoms with van der Waals surface area (Å²) in [6.07, 6.45) is 0. The van der Waals surface area contributed by atoms with Crippen molar-refractivity contribution in [3.63, 3.8) is 0 Å². The standard InChI is InChI=1S/C52H33NO2/c1-2-10-37-32-40(20-19-34(37)9-1)39-12-7-11-38(31-39)35-21-25-41(26-22-35)53(43-29-30-51-48(33-43)46-14-4-5-17-49(46)54-51)42-27-23-36(24-28-42)44-15-8-16-47-45-13-3-6-18-50(45)55-52(44)47/h1-33H. The first-order valence-corrected chi connectivity index (χ1v) is 18.7. The molecule has 0 spiro atoms. The molecule has 2 heterocycles. The Bertz CT molecular complexity index is 3200. The van der Waals surface area contributed by atoms with Gasteiger partial charge in [-0.2, -0.15) is 0 Å². The number of hydrogen-bond acceptors (Lipinski definition) is 3. The number of para-hydroxylation sites is 3. The summed E-state index contributed by atoms with van der Waals surface area (Å²) in [5, 5.41) is 6.95. The van der Waals surface area contributed by atoms with Crippen LogP contribution in [0.1, 0.15) is 0 Å². The monoisotopic (exact) mass is 703 g/mol. The zero-order valence-corrected chi connectivity index (χ0v) is 29.8. The van der Waals surface area contributed by atoms with E-state index < -0.39 is 0 Å². The van der Waals surface area contributed by atoms with E-state index in [4.69, 9.17) is 8.83 Å². The summed E-state index contributed by atoms with van der Waals surface area (Å²) < 4.78 is 12.6. The van der Waals surface area contributed by atoms with Gasteiger partial charge in [0.05, 0.1) is 0 Å². The highest BCUT2D eigenvalue weighted by Gasteiger charge is 2.17. The van der Waals surface area contributed by atoms with Crippen molar-refractivity contribution in [3.8, 4) is 33.4 Å². The number of rotatable bonds is 6. The van der Waals surface area contributed by atoms with Crippen molar-refractivity contribution in [1.82, 2.24) is 0 Å². The van der Waals surface area contributed by atoms with Crippen LogP contribution in [0, 0.1) is 0 Å². The maximum Gasteiger partial charge on any atom is 0.143 e. The highest BCUT2D eigenvalue weighted by atomic mass is 16.3. The van der Waals surface area contributed by atoms with Gasteiger partial charge in [-0.3, -0.25) is 0 Å². The van der Waals surface area contributed by atoms with E-state index in [0.29, 0.717) is 0 Å². The fraction of sp³-hybridized carbons (Fsp3) is 0. The molecule has 0 aliphatic carbocycles. The van der Waals surface area contributed by atoms with Gasteiger partial charge >= 0.3 is 0 Å². The van der Waals surface area contributed by atoms with Crippen molar-refractivity contribution in [2.75, 3.05) is 4.90 Å². The predicted octanol–water partition coefficient (Wildman–Crippen LogP) is 15.1. The first-order valence-electron chi connectivity index (χ1n) is 18.7. The van der Waals surface area contributed by atoms with Crippen molar-refractivity contribution < 1.29 is 8.83 Å². The summed E-state index contributed by atoms with van der Waals surface area (Å²) in [5.41, 5.74) is 13.7. The summed E-state index contributed by atoms with van der Waals surface area (Å²) in [6, 6.07) is 71.1. The molecule has 0 aliphatic rings. The van der Waals surface area contributed by atoms with Gasteiger partial charge in [0.25, 0.3) is 0 Å². The van der Waals surface area contributed by atoms with Crippen molar-refractivity contribution in [2.45, 2.75) is 0 Å². The zero-order chi connectivity index (χ0) is 36.3. The largest absolute Gasteiger partial charge is 0.456 e. The highest BCUT2D eigenvalue weighted by Crippen LogP contribution is 2.41. The first kappa shape index (κ1) is 31.2. The number of furan rings is 2. The third kappa shape index (κ3) is 5.36. The summed E-state index contributed by atoms with van der Waals surface area (Å²) in [7, 11) is 0. The number of fused-ring (bicyclic) bond motifs is 7. The topological polar surface area (TPSA) is 29.5 Å². The van der Waals surface area contributed by atoms with Gasteiger partial charge in [0.2, 0.25) is 0 Å². The van der Waals surface area contributed by atoms with E-state index in [-0.39, 0.29) is 0 Å². The van der Waals surface area contributed by atoms with E-state index >= 15 is 0 Å². The smallest absolute Gasteiger partial charge is 0.143 e. The fourth-order valence-electron chi connectivity index (χ4n) is 8.12. The molecule has 0 bridgehead atoms. The van der Waals surface area contributed by atoms with Crippen molar-refractivity contribution >= 4 is 71.7 Å². The molecule has 0 fully saturated rings. The highest BCUT2D eigenvalue weighted by molar-refractivity contribution is 6.10. The molecule has 0 unspecified atom stereocenters. The second-order valence-electron chi connectivity index (χ2n) is 14.1. The second-order valence-corrected chi connectivity index (χ2v) is 14.1. The Balaban J connectivity index is 0.992. The lowest BCUT2D eigenvalue weighted by molar-refractivity contribution is 0.669. The Kier molecular flexibility index (Phi) is 7.17. The molecular weight excluding hydrogens is 671 g/mol. The minimum atomic E-state index is 0.876. The zero-order valence-electron chi connectivity index (χ0n) is 29.8. The van der Waals surface area contributed by atoms with Crippen LogP contribution < -0.4 is 4.90 Å². The molecule has 258 valence electrons. The Labute approximate surface area is 317 Å². The number of hydrogen-bond donors (Lipinski definition) is 0. The molecule has 0 saturated heterocycles. The van der Waals surface area contributed by atoms with Gasteiger partial charge < -0.3 is 13.7 Å². The SMILES string of the molecule is c1cc(-c2ccc(N(c3ccc(-c4cccc5c4oc4ccccc45)cc3)c3ccc4oc5ccccc5c4c3)cc2)cc(-c2ccc3ccccc3c2)c1. The Morgan fingerprint density at radius 1 is 0.291 bits per heavy atom. The van der Waals surface area contributed by atoms with Gasteiger partial charge in [-0.15, -0.1) is 0 Å². The van der Waals surface area contributed by atoms with Crippen molar-refractivity contribution in [1.29, 1.82) is 0 Å². The Morgan fingerprint density at radius 3 is 1.62 bits per heavy atom. The van der Waals surface area contributed by atoms with E-state index in [0.717, 1.165) is 77.6 Å². The van der Waals surface area contributed by atoms with Gasteiger partial charge in [0.1, 0.15) is 22.3 Å². The first-order chi connectivity index (χ1) is 27.2. The molecule has 0 amide bonds. The summed E-state index contributed by atoms with van der Waals surface area (Å²) in [4.78, 5) is 2.32. The molecule has 0 saturated carbocycles. The minimum absolute atomic E-state index is 0.876. The van der Waals surface area contributed by atoms with Crippen molar-refractivity contribution in [3.05, 3.63) is 200 Å². The minimum Gasteiger partial charge on any atom is -0.456 e. The third-order valence-corrected chi connectivity index (χ3v) is 10.9. The fourth-order valence-corrected chi connectivity index (χ4v) is 8.12. The molecular formula is C52H33NO2. The molecule has 0 N–H and O–H groups in total.